The number of carbonyl (C=O) groups excluding carboxylic acids is 2. The molecule has 154 valence electrons. The van der Waals surface area contributed by atoms with E-state index in [1.54, 1.807) is 0 Å². The third-order valence-electron chi connectivity index (χ3n) is 4.84. The Morgan fingerprint density at radius 3 is 2.10 bits per heavy atom. The Balaban J connectivity index is 1.57. The van der Waals surface area contributed by atoms with Gasteiger partial charge in [-0.25, -0.2) is 4.39 Å². The van der Waals surface area contributed by atoms with Gasteiger partial charge in [0, 0.05) is 12.5 Å². The SMILES string of the molecule is CC(=O)c1cc(F)ccc1OCC(=O)NCCC(c1ccccc1)c1ccccc1. The molecule has 1 amide bonds. The lowest BCUT2D eigenvalue weighted by Crippen LogP contribution is -2.30. The lowest BCUT2D eigenvalue weighted by molar-refractivity contribution is -0.123. The lowest BCUT2D eigenvalue weighted by Gasteiger charge is -2.18. The van der Waals surface area contributed by atoms with Crippen molar-refractivity contribution < 1.29 is 18.7 Å². The van der Waals surface area contributed by atoms with Gasteiger partial charge in [0.2, 0.25) is 0 Å². The molecule has 0 bridgehead atoms. The molecular weight excluding hydrogens is 381 g/mol. The average Bonchev–Trinajstić information content (AvgIpc) is 2.77. The zero-order chi connectivity index (χ0) is 21.3. The van der Waals surface area contributed by atoms with E-state index in [2.05, 4.69) is 29.6 Å². The molecule has 30 heavy (non-hydrogen) atoms. The minimum atomic E-state index is -0.523. The molecule has 0 atom stereocenters. The fourth-order valence-corrected chi connectivity index (χ4v) is 3.35. The Labute approximate surface area is 175 Å². The quantitative estimate of drug-likeness (QED) is 0.523. The van der Waals surface area contributed by atoms with Crippen LogP contribution >= 0.6 is 0 Å². The summed E-state index contributed by atoms with van der Waals surface area (Å²) in [5.41, 5.74) is 2.49. The van der Waals surface area contributed by atoms with Crippen molar-refractivity contribution in [3.63, 3.8) is 0 Å². The number of benzene rings is 3. The van der Waals surface area contributed by atoms with Gasteiger partial charge < -0.3 is 10.1 Å². The van der Waals surface area contributed by atoms with Crippen LogP contribution in [0, 0.1) is 5.82 Å². The number of ether oxygens (including phenoxy) is 1. The maximum atomic E-state index is 13.3. The molecule has 0 saturated carbocycles. The molecule has 0 unspecified atom stereocenters. The van der Waals surface area contributed by atoms with Crippen LogP contribution in [-0.2, 0) is 4.79 Å². The number of ketones is 1. The van der Waals surface area contributed by atoms with Crippen molar-refractivity contribution in [2.24, 2.45) is 0 Å². The van der Waals surface area contributed by atoms with Crippen LogP contribution in [0.2, 0.25) is 0 Å². The molecule has 0 heterocycles. The predicted octanol–water partition coefficient (Wildman–Crippen LogP) is 4.75. The molecular formula is C25H24FNO3. The lowest BCUT2D eigenvalue weighted by atomic mass is 9.88. The Hall–Kier alpha value is -3.47. The summed E-state index contributed by atoms with van der Waals surface area (Å²) in [5.74, 6) is -0.780. The van der Waals surface area contributed by atoms with E-state index in [0.717, 1.165) is 12.5 Å². The van der Waals surface area contributed by atoms with E-state index in [4.69, 9.17) is 4.74 Å². The van der Waals surface area contributed by atoms with E-state index in [1.165, 1.54) is 30.2 Å². The molecule has 0 fully saturated rings. The summed E-state index contributed by atoms with van der Waals surface area (Å²) in [7, 11) is 0. The van der Waals surface area contributed by atoms with Crippen molar-refractivity contribution in [3.05, 3.63) is 101 Å². The van der Waals surface area contributed by atoms with Crippen molar-refractivity contribution in [1.29, 1.82) is 0 Å². The largest absolute Gasteiger partial charge is 0.483 e. The average molecular weight is 405 g/mol. The van der Waals surface area contributed by atoms with Crippen LogP contribution in [0.25, 0.3) is 0 Å². The van der Waals surface area contributed by atoms with E-state index in [0.29, 0.717) is 6.54 Å². The van der Waals surface area contributed by atoms with Crippen LogP contribution in [0.4, 0.5) is 4.39 Å². The smallest absolute Gasteiger partial charge is 0.257 e. The second-order valence-electron chi connectivity index (χ2n) is 7.00. The fourth-order valence-electron chi connectivity index (χ4n) is 3.35. The molecule has 3 rings (SSSR count). The highest BCUT2D eigenvalue weighted by molar-refractivity contribution is 5.96. The topological polar surface area (TPSA) is 55.4 Å². The minimum Gasteiger partial charge on any atom is -0.483 e. The molecule has 3 aromatic rings. The molecule has 0 aliphatic heterocycles. The second-order valence-corrected chi connectivity index (χ2v) is 7.00. The van der Waals surface area contributed by atoms with Crippen LogP contribution < -0.4 is 10.1 Å². The number of hydrogen-bond donors (Lipinski definition) is 1. The number of nitrogens with one attached hydrogen (secondary N) is 1. The molecule has 3 aromatic carbocycles. The summed E-state index contributed by atoms with van der Waals surface area (Å²) in [5, 5.41) is 2.86. The number of rotatable bonds is 9. The maximum absolute atomic E-state index is 13.3. The molecule has 1 N–H and O–H groups in total. The molecule has 0 saturated heterocycles. The first kappa shape index (κ1) is 21.2. The van der Waals surface area contributed by atoms with Crippen LogP contribution in [0.3, 0.4) is 0 Å². The highest BCUT2D eigenvalue weighted by Gasteiger charge is 2.15. The summed E-state index contributed by atoms with van der Waals surface area (Å²) >= 11 is 0. The van der Waals surface area contributed by atoms with Crippen molar-refractivity contribution in [2.45, 2.75) is 19.3 Å². The Morgan fingerprint density at radius 1 is 0.933 bits per heavy atom. The normalized spacial score (nSPS) is 10.6. The zero-order valence-electron chi connectivity index (χ0n) is 16.8. The molecule has 0 radical (unpaired) electrons. The fraction of sp³-hybridized carbons (Fsp3) is 0.200. The third kappa shape index (κ3) is 5.77. The van der Waals surface area contributed by atoms with Gasteiger partial charge in [0.25, 0.3) is 5.91 Å². The summed E-state index contributed by atoms with van der Waals surface area (Å²) in [6.45, 7) is 1.56. The first-order valence-electron chi connectivity index (χ1n) is 9.84. The molecule has 5 heteroatoms. The minimum absolute atomic E-state index is 0.121. The molecule has 0 aliphatic carbocycles. The number of Topliss-reactive ketones (excluding diaryl/α,β-unsaturated/α-hetero) is 1. The van der Waals surface area contributed by atoms with Gasteiger partial charge >= 0.3 is 0 Å². The van der Waals surface area contributed by atoms with E-state index >= 15 is 0 Å². The summed E-state index contributed by atoms with van der Waals surface area (Å²) in [4.78, 5) is 23.9. The standard InChI is InChI=1S/C25H24FNO3/c1-18(28)23-16-21(26)12-13-24(23)30-17-25(29)27-15-14-22(19-8-4-2-5-9-19)20-10-6-3-7-11-20/h2-13,16,22H,14-15,17H2,1H3,(H,27,29). The highest BCUT2D eigenvalue weighted by Crippen LogP contribution is 2.27. The van der Waals surface area contributed by atoms with Gasteiger partial charge in [0.1, 0.15) is 11.6 Å². The number of carbonyl (C=O) groups is 2. The van der Waals surface area contributed by atoms with Crippen LogP contribution in [-0.4, -0.2) is 24.8 Å². The molecule has 4 nitrogen and oxygen atoms in total. The van der Waals surface area contributed by atoms with Gasteiger partial charge in [0.15, 0.2) is 12.4 Å². The first-order chi connectivity index (χ1) is 14.5. The van der Waals surface area contributed by atoms with Crippen molar-refractivity contribution >= 4 is 11.7 Å². The zero-order valence-corrected chi connectivity index (χ0v) is 16.8. The van der Waals surface area contributed by atoms with E-state index < -0.39 is 5.82 Å². The second kappa shape index (κ2) is 10.3. The van der Waals surface area contributed by atoms with Crippen molar-refractivity contribution in [3.8, 4) is 5.75 Å². The Morgan fingerprint density at radius 2 is 1.53 bits per heavy atom. The van der Waals surface area contributed by atoms with E-state index in [1.807, 2.05) is 36.4 Å². The van der Waals surface area contributed by atoms with Crippen molar-refractivity contribution in [2.75, 3.05) is 13.2 Å². The molecule has 0 aromatic heterocycles. The Kier molecular flexibility index (Phi) is 7.33. The van der Waals surface area contributed by atoms with Gasteiger partial charge in [-0.15, -0.1) is 0 Å². The third-order valence-corrected chi connectivity index (χ3v) is 4.84. The molecule has 0 spiro atoms. The van der Waals surface area contributed by atoms with Crippen LogP contribution in [0.15, 0.2) is 78.9 Å². The van der Waals surface area contributed by atoms with Crippen LogP contribution in [0.5, 0.6) is 5.75 Å². The summed E-state index contributed by atoms with van der Waals surface area (Å²) in [6, 6.07) is 24.0. The monoisotopic (exact) mass is 405 g/mol. The molecule has 0 aliphatic rings. The van der Waals surface area contributed by atoms with Gasteiger partial charge in [-0.2, -0.15) is 0 Å². The van der Waals surface area contributed by atoms with Gasteiger partial charge in [-0.3, -0.25) is 9.59 Å². The number of amides is 1. The van der Waals surface area contributed by atoms with E-state index in [-0.39, 0.29) is 35.5 Å². The van der Waals surface area contributed by atoms with E-state index in [9.17, 15) is 14.0 Å². The summed E-state index contributed by atoms with van der Waals surface area (Å²) < 4.78 is 18.8. The number of halogens is 1. The van der Waals surface area contributed by atoms with Gasteiger partial charge in [-0.1, -0.05) is 60.7 Å². The maximum Gasteiger partial charge on any atom is 0.257 e. The number of hydrogen-bond acceptors (Lipinski definition) is 3. The highest BCUT2D eigenvalue weighted by atomic mass is 19.1. The summed E-state index contributed by atoms with van der Waals surface area (Å²) in [6.07, 6.45) is 0.731. The van der Waals surface area contributed by atoms with Gasteiger partial charge in [0.05, 0.1) is 5.56 Å². The van der Waals surface area contributed by atoms with Gasteiger partial charge in [-0.05, 0) is 42.7 Å². The Bertz CT molecular complexity index is 950. The van der Waals surface area contributed by atoms with Crippen LogP contribution in [0.1, 0.15) is 40.7 Å². The first-order valence-corrected chi connectivity index (χ1v) is 9.84. The van der Waals surface area contributed by atoms with Crippen molar-refractivity contribution in [1.82, 2.24) is 5.32 Å². The predicted molar refractivity (Wildman–Crippen MR) is 114 cm³/mol.